The first kappa shape index (κ1) is 15.5. The summed E-state index contributed by atoms with van der Waals surface area (Å²) in [4.78, 5) is 2.34. The molecule has 3 rings (SSSR count). The first-order chi connectivity index (χ1) is 10.7. The molecular formula is C19H22ClNO. The monoisotopic (exact) mass is 315 g/mol. The molecule has 22 heavy (non-hydrogen) atoms. The van der Waals surface area contributed by atoms with Gasteiger partial charge in [0.1, 0.15) is 6.10 Å². The molecule has 1 saturated heterocycles. The van der Waals surface area contributed by atoms with Crippen LogP contribution < -0.4 is 0 Å². The summed E-state index contributed by atoms with van der Waals surface area (Å²) in [6.07, 6.45) is 2.52. The van der Waals surface area contributed by atoms with Gasteiger partial charge < -0.3 is 9.64 Å². The highest BCUT2D eigenvalue weighted by atomic mass is 35.5. The van der Waals surface area contributed by atoms with Gasteiger partial charge in [-0.15, -0.1) is 0 Å². The van der Waals surface area contributed by atoms with Crippen molar-refractivity contribution >= 4 is 11.6 Å². The van der Waals surface area contributed by atoms with Gasteiger partial charge in [0.25, 0.3) is 0 Å². The zero-order valence-corrected chi connectivity index (χ0v) is 13.7. The summed E-state index contributed by atoms with van der Waals surface area (Å²) in [5, 5.41) is 0.753. The van der Waals surface area contributed by atoms with Gasteiger partial charge in [-0.05, 0) is 49.7 Å². The Bertz CT molecular complexity index is 601. The molecular weight excluding hydrogens is 294 g/mol. The Kier molecular flexibility index (Phi) is 5.14. The maximum atomic E-state index is 6.49. The van der Waals surface area contributed by atoms with E-state index in [4.69, 9.17) is 16.3 Å². The van der Waals surface area contributed by atoms with Gasteiger partial charge in [0.05, 0.1) is 6.10 Å². The Hall–Kier alpha value is -1.35. The van der Waals surface area contributed by atoms with Crippen LogP contribution in [0.1, 0.15) is 30.1 Å². The van der Waals surface area contributed by atoms with E-state index in [1.54, 1.807) is 0 Å². The number of likely N-dealkylation sites (N-methyl/N-ethyl adjacent to an activating group) is 1. The van der Waals surface area contributed by atoms with E-state index in [-0.39, 0.29) is 12.2 Å². The van der Waals surface area contributed by atoms with Gasteiger partial charge in [-0.3, -0.25) is 0 Å². The molecule has 116 valence electrons. The Morgan fingerprint density at radius 3 is 2.59 bits per heavy atom. The lowest BCUT2D eigenvalue weighted by Gasteiger charge is -2.33. The smallest absolute Gasteiger partial charge is 0.108 e. The van der Waals surface area contributed by atoms with Gasteiger partial charge in [-0.1, -0.05) is 54.1 Å². The lowest BCUT2D eigenvalue weighted by atomic mass is 10.0. The van der Waals surface area contributed by atoms with Crippen LogP contribution in [0.3, 0.4) is 0 Å². The van der Waals surface area contributed by atoms with Crippen molar-refractivity contribution in [3.8, 4) is 0 Å². The van der Waals surface area contributed by atoms with Crippen LogP contribution in [-0.2, 0) is 4.74 Å². The molecule has 0 spiro atoms. The van der Waals surface area contributed by atoms with Crippen molar-refractivity contribution in [3.05, 3.63) is 70.7 Å². The van der Waals surface area contributed by atoms with Crippen molar-refractivity contribution < 1.29 is 4.74 Å². The molecule has 3 heteroatoms. The molecule has 0 bridgehead atoms. The van der Waals surface area contributed by atoms with Gasteiger partial charge in [-0.25, -0.2) is 0 Å². The first-order valence-corrected chi connectivity index (χ1v) is 8.24. The van der Waals surface area contributed by atoms with E-state index in [1.807, 2.05) is 24.3 Å². The van der Waals surface area contributed by atoms with Crippen LogP contribution in [0.5, 0.6) is 0 Å². The summed E-state index contributed by atoms with van der Waals surface area (Å²) in [6.45, 7) is 2.15. The summed E-state index contributed by atoms with van der Waals surface area (Å²) < 4.78 is 6.49. The molecule has 2 aromatic carbocycles. The number of nitrogens with zero attached hydrogens (tertiary/aromatic N) is 1. The highest BCUT2D eigenvalue weighted by molar-refractivity contribution is 6.30. The molecule has 2 atom stereocenters. The van der Waals surface area contributed by atoms with E-state index >= 15 is 0 Å². The fraction of sp³-hybridized carbons (Fsp3) is 0.368. The lowest BCUT2D eigenvalue weighted by Crippen LogP contribution is -2.37. The van der Waals surface area contributed by atoms with Crippen LogP contribution in [0.25, 0.3) is 0 Å². The van der Waals surface area contributed by atoms with E-state index in [2.05, 4.69) is 42.3 Å². The number of hydrogen-bond acceptors (Lipinski definition) is 2. The van der Waals surface area contributed by atoms with E-state index < -0.39 is 0 Å². The molecule has 1 aliphatic rings. The fourth-order valence-electron chi connectivity index (χ4n) is 3.07. The Morgan fingerprint density at radius 1 is 1.09 bits per heavy atom. The van der Waals surface area contributed by atoms with Crippen molar-refractivity contribution in [1.29, 1.82) is 0 Å². The molecule has 1 heterocycles. The third-order valence-electron chi connectivity index (χ3n) is 4.16. The minimum atomic E-state index is -0.0589. The maximum Gasteiger partial charge on any atom is 0.108 e. The first-order valence-electron chi connectivity index (χ1n) is 7.87. The second-order valence-corrected chi connectivity index (χ2v) is 6.44. The van der Waals surface area contributed by atoms with Gasteiger partial charge >= 0.3 is 0 Å². The molecule has 0 amide bonds. The normalized spacial score (nSPS) is 20.7. The zero-order valence-electron chi connectivity index (χ0n) is 12.9. The molecule has 0 saturated carbocycles. The van der Waals surface area contributed by atoms with E-state index in [1.165, 1.54) is 12.0 Å². The van der Waals surface area contributed by atoms with Gasteiger partial charge in [0, 0.05) is 11.6 Å². The number of benzene rings is 2. The molecule has 1 fully saturated rings. The van der Waals surface area contributed by atoms with Crippen LogP contribution in [0.15, 0.2) is 54.6 Å². The number of rotatable bonds is 4. The minimum absolute atomic E-state index is 0.0589. The molecule has 0 aliphatic carbocycles. The van der Waals surface area contributed by atoms with E-state index in [9.17, 15) is 0 Å². The van der Waals surface area contributed by atoms with Crippen molar-refractivity contribution in [2.45, 2.75) is 25.0 Å². The summed E-state index contributed by atoms with van der Waals surface area (Å²) in [5.41, 5.74) is 2.30. The Balaban J connectivity index is 1.86. The largest absolute Gasteiger partial charge is 0.364 e. The van der Waals surface area contributed by atoms with Crippen LogP contribution in [0.4, 0.5) is 0 Å². The van der Waals surface area contributed by atoms with Crippen LogP contribution >= 0.6 is 11.6 Å². The minimum Gasteiger partial charge on any atom is -0.364 e. The molecule has 0 radical (unpaired) electrons. The zero-order chi connectivity index (χ0) is 15.4. The lowest BCUT2D eigenvalue weighted by molar-refractivity contribution is -0.0281. The van der Waals surface area contributed by atoms with Gasteiger partial charge in [0.2, 0.25) is 0 Å². The number of piperidine rings is 1. The summed E-state index contributed by atoms with van der Waals surface area (Å²) >= 11 is 6.18. The highest BCUT2D eigenvalue weighted by Crippen LogP contribution is 2.30. The molecule has 2 nitrogen and oxygen atoms in total. The quantitative estimate of drug-likeness (QED) is 0.821. The molecule has 2 aromatic rings. The fourth-order valence-corrected chi connectivity index (χ4v) is 3.27. The third kappa shape index (κ3) is 3.89. The topological polar surface area (TPSA) is 12.5 Å². The number of ether oxygens (including phenoxy) is 1. The van der Waals surface area contributed by atoms with Gasteiger partial charge in [-0.2, -0.15) is 0 Å². The maximum absolute atomic E-state index is 6.49. The predicted molar refractivity (Wildman–Crippen MR) is 91.3 cm³/mol. The van der Waals surface area contributed by atoms with Crippen LogP contribution in [0, 0.1) is 0 Å². The van der Waals surface area contributed by atoms with Crippen molar-refractivity contribution in [2.24, 2.45) is 0 Å². The van der Waals surface area contributed by atoms with Crippen LogP contribution in [-0.4, -0.2) is 31.1 Å². The highest BCUT2D eigenvalue weighted by Gasteiger charge is 2.24. The van der Waals surface area contributed by atoms with Crippen LogP contribution in [0.2, 0.25) is 5.02 Å². The Labute approximate surface area is 137 Å². The number of likely N-dealkylation sites (tertiary alicyclic amines) is 1. The number of hydrogen-bond donors (Lipinski definition) is 0. The average Bonchev–Trinajstić information content (AvgIpc) is 2.53. The predicted octanol–water partition coefficient (Wildman–Crippen LogP) is 4.54. The second kappa shape index (κ2) is 7.28. The van der Waals surface area contributed by atoms with E-state index in [0.29, 0.717) is 0 Å². The number of halogens is 1. The standard InChI is InChI=1S/C19H22ClNO/c1-21-12-6-11-18(14-21)22-19(15-7-3-2-4-8-15)16-9-5-10-17(20)13-16/h2-5,7-10,13,18-19H,6,11-12,14H2,1H3. The second-order valence-electron chi connectivity index (χ2n) is 6.01. The molecule has 2 unspecified atom stereocenters. The average molecular weight is 316 g/mol. The van der Waals surface area contributed by atoms with Crippen molar-refractivity contribution in [2.75, 3.05) is 20.1 Å². The molecule has 1 aliphatic heterocycles. The summed E-state index contributed by atoms with van der Waals surface area (Å²) in [7, 11) is 2.16. The summed E-state index contributed by atoms with van der Waals surface area (Å²) in [6, 6.07) is 18.4. The third-order valence-corrected chi connectivity index (χ3v) is 4.40. The molecule has 0 aromatic heterocycles. The van der Waals surface area contributed by atoms with Gasteiger partial charge in [0.15, 0.2) is 0 Å². The Morgan fingerprint density at radius 2 is 1.86 bits per heavy atom. The summed E-state index contributed by atoms with van der Waals surface area (Å²) in [5.74, 6) is 0. The SMILES string of the molecule is CN1CCCC(OC(c2ccccc2)c2cccc(Cl)c2)C1. The van der Waals surface area contributed by atoms with Crippen molar-refractivity contribution in [3.63, 3.8) is 0 Å². The van der Waals surface area contributed by atoms with E-state index in [0.717, 1.165) is 30.1 Å². The van der Waals surface area contributed by atoms with Crippen molar-refractivity contribution in [1.82, 2.24) is 4.90 Å². The molecule has 0 N–H and O–H groups in total.